The third-order valence-corrected chi connectivity index (χ3v) is 4.40. The summed E-state index contributed by atoms with van der Waals surface area (Å²) >= 11 is 0. The Morgan fingerprint density at radius 3 is 2.14 bits per heavy atom. The lowest BCUT2D eigenvalue weighted by atomic mass is 10.0. The maximum Gasteiger partial charge on any atom is 0.418 e. The zero-order valence-electron chi connectivity index (χ0n) is 11.4. The SMILES string of the molecule is CC1(C)C2C(=O)N(c3ccc(N)c(C(F)(F)F)c3)C(=O)C21. The van der Waals surface area contributed by atoms with Crippen molar-refractivity contribution in [2.75, 3.05) is 10.6 Å². The van der Waals surface area contributed by atoms with E-state index in [1.807, 2.05) is 0 Å². The number of carbonyl (C=O) groups is 2. The molecule has 1 aliphatic carbocycles. The number of nitrogens with zero attached hydrogens (tertiary/aromatic N) is 1. The Bertz CT molecular complexity index is 643. The third kappa shape index (κ3) is 1.76. The first-order valence-electron chi connectivity index (χ1n) is 6.41. The molecule has 1 saturated carbocycles. The highest BCUT2D eigenvalue weighted by molar-refractivity contribution is 6.25. The van der Waals surface area contributed by atoms with E-state index in [9.17, 15) is 22.8 Å². The molecule has 21 heavy (non-hydrogen) atoms. The molecule has 7 heteroatoms. The molecule has 0 radical (unpaired) electrons. The molecule has 1 saturated heterocycles. The Kier molecular flexibility index (Phi) is 2.50. The third-order valence-electron chi connectivity index (χ3n) is 4.40. The lowest BCUT2D eigenvalue weighted by Gasteiger charge is -2.22. The molecule has 1 aliphatic heterocycles. The van der Waals surface area contributed by atoms with Gasteiger partial charge in [0.05, 0.1) is 23.1 Å². The zero-order valence-corrected chi connectivity index (χ0v) is 11.4. The minimum absolute atomic E-state index is 0.0745. The molecule has 0 bridgehead atoms. The van der Waals surface area contributed by atoms with Gasteiger partial charge in [-0.2, -0.15) is 13.2 Å². The second-order valence-corrected chi connectivity index (χ2v) is 6.06. The largest absolute Gasteiger partial charge is 0.418 e. The summed E-state index contributed by atoms with van der Waals surface area (Å²) in [4.78, 5) is 25.3. The number of alkyl halides is 3. The van der Waals surface area contributed by atoms with E-state index in [1.165, 1.54) is 6.07 Å². The molecule has 0 aromatic heterocycles. The number of anilines is 2. The second kappa shape index (κ2) is 3.78. The number of rotatable bonds is 1. The van der Waals surface area contributed by atoms with Crippen LogP contribution in [0.3, 0.4) is 0 Å². The van der Waals surface area contributed by atoms with Crippen LogP contribution >= 0.6 is 0 Å². The molecule has 1 aromatic carbocycles. The van der Waals surface area contributed by atoms with Gasteiger partial charge in [0.1, 0.15) is 0 Å². The van der Waals surface area contributed by atoms with Gasteiger partial charge in [0.25, 0.3) is 0 Å². The molecule has 0 spiro atoms. The van der Waals surface area contributed by atoms with Crippen LogP contribution in [0.15, 0.2) is 18.2 Å². The van der Waals surface area contributed by atoms with Crippen molar-refractivity contribution in [2.45, 2.75) is 20.0 Å². The number of amides is 2. The summed E-state index contributed by atoms with van der Waals surface area (Å²) < 4.78 is 38.6. The van der Waals surface area contributed by atoms with Gasteiger partial charge in [-0.1, -0.05) is 13.8 Å². The molecule has 3 rings (SSSR count). The number of nitrogens with two attached hydrogens (primary N) is 1. The topological polar surface area (TPSA) is 63.4 Å². The molecular weight excluding hydrogens is 285 g/mol. The van der Waals surface area contributed by atoms with Crippen molar-refractivity contribution in [3.8, 4) is 0 Å². The van der Waals surface area contributed by atoms with E-state index in [2.05, 4.69) is 0 Å². The molecule has 2 N–H and O–H groups in total. The van der Waals surface area contributed by atoms with Gasteiger partial charge >= 0.3 is 6.18 Å². The van der Waals surface area contributed by atoms with Gasteiger partial charge in [-0.15, -0.1) is 0 Å². The van der Waals surface area contributed by atoms with E-state index < -0.39 is 46.5 Å². The van der Waals surface area contributed by atoms with Crippen LogP contribution in [-0.4, -0.2) is 11.8 Å². The molecule has 2 aliphatic rings. The number of benzene rings is 1. The van der Waals surface area contributed by atoms with Crippen molar-refractivity contribution in [3.63, 3.8) is 0 Å². The van der Waals surface area contributed by atoms with Crippen LogP contribution < -0.4 is 10.6 Å². The first kappa shape index (κ1) is 13.9. The molecular formula is C14H13F3N2O2. The highest BCUT2D eigenvalue weighted by atomic mass is 19.4. The Morgan fingerprint density at radius 2 is 1.67 bits per heavy atom. The predicted octanol–water partition coefficient (Wildman–Crippen LogP) is 2.43. The highest BCUT2D eigenvalue weighted by Crippen LogP contribution is 2.63. The minimum atomic E-state index is -4.63. The minimum Gasteiger partial charge on any atom is -0.398 e. The number of fused-ring (bicyclic) bond motifs is 1. The van der Waals surface area contributed by atoms with Gasteiger partial charge in [0, 0.05) is 5.69 Å². The van der Waals surface area contributed by atoms with Crippen molar-refractivity contribution >= 4 is 23.2 Å². The lowest BCUT2D eigenvalue weighted by Crippen LogP contribution is -2.36. The summed E-state index contributed by atoms with van der Waals surface area (Å²) in [5.41, 5.74) is 3.37. The standard InChI is InChI=1S/C14H13F3N2O2/c1-13(2)9-10(13)12(21)19(11(9)20)6-3-4-8(18)7(5-6)14(15,16)17/h3-5,9-10H,18H2,1-2H3. The fourth-order valence-corrected chi connectivity index (χ4v) is 3.13. The molecule has 1 heterocycles. The predicted molar refractivity (Wildman–Crippen MR) is 69.1 cm³/mol. The number of hydrogen-bond donors (Lipinski definition) is 1. The molecule has 1 aromatic rings. The smallest absolute Gasteiger partial charge is 0.398 e. The van der Waals surface area contributed by atoms with Crippen LogP contribution in [-0.2, 0) is 15.8 Å². The Morgan fingerprint density at radius 1 is 1.14 bits per heavy atom. The Balaban J connectivity index is 2.00. The lowest BCUT2D eigenvalue weighted by molar-refractivity contribution is -0.137. The van der Waals surface area contributed by atoms with Crippen molar-refractivity contribution in [1.82, 2.24) is 0 Å². The van der Waals surface area contributed by atoms with Crippen molar-refractivity contribution in [1.29, 1.82) is 0 Å². The summed E-state index contributed by atoms with van der Waals surface area (Å²) in [5.74, 6) is -1.74. The van der Waals surface area contributed by atoms with Crippen LogP contribution in [0.5, 0.6) is 0 Å². The molecule has 2 atom stereocenters. The average Bonchev–Trinajstić information content (AvgIpc) is 2.80. The molecule has 2 amide bonds. The van der Waals surface area contributed by atoms with Crippen molar-refractivity contribution in [2.24, 2.45) is 17.3 Å². The van der Waals surface area contributed by atoms with E-state index in [0.717, 1.165) is 17.0 Å². The van der Waals surface area contributed by atoms with Crippen LogP contribution in [0.2, 0.25) is 0 Å². The first-order chi connectivity index (χ1) is 9.56. The molecule has 112 valence electrons. The Labute approximate surface area is 118 Å². The van der Waals surface area contributed by atoms with Gasteiger partial charge in [0.2, 0.25) is 11.8 Å². The number of imide groups is 1. The summed E-state index contributed by atoms with van der Waals surface area (Å²) in [5, 5.41) is 0. The summed E-state index contributed by atoms with van der Waals surface area (Å²) in [7, 11) is 0. The van der Waals surface area contributed by atoms with E-state index in [1.54, 1.807) is 13.8 Å². The normalized spacial score (nSPS) is 27.0. The van der Waals surface area contributed by atoms with Crippen LogP contribution in [0.1, 0.15) is 19.4 Å². The number of carbonyl (C=O) groups excluding carboxylic acids is 2. The van der Waals surface area contributed by atoms with Gasteiger partial charge in [-0.3, -0.25) is 14.5 Å². The number of halogens is 3. The summed E-state index contributed by atoms with van der Waals surface area (Å²) in [6, 6.07) is 3.08. The maximum absolute atomic E-state index is 12.9. The van der Waals surface area contributed by atoms with Crippen molar-refractivity contribution < 1.29 is 22.8 Å². The van der Waals surface area contributed by atoms with Crippen LogP contribution in [0.25, 0.3) is 0 Å². The average molecular weight is 298 g/mol. The molecule has 4 nitrogen and oxygen atoms in total. The highest BCUT2D eigenvalue weighted by Gasteiger charge is 2.72. The maximum atomic E-state index is 12.9. The zero-order chi connectivity index (χ0) is 15.7. The number of hydrogen-bond acceptors (Lipinski definition) is 3. The number of piperidine rings is 1. The quantitative estimate of drug-likeness (QED) is 0.640. The van der Waals surface area contributed by atoms with E-state index in [0.29, 0.717) is 0 Å². The van der Waals surface area contributed by atoms with Crippen LogP contribution in [0.4, 0.5) is 24.5 Å². The first-order valence-corrected chi connectivity index (χ1v) is 6.41. The summed E-state index contributed by atoms with van der Waals surface area (Å²) in [6.07, 6.45) is -4.63. The van der Waals surface area contributed by atoms with Gasteiger partial charge in [-0.05, 0) is 23.6 Å². The summed E-state index contributed by atoms with van der Waals surface area (Å²) in [6.45, 7) is 3.61. The Hall–Kier alpha value is -2.05. The van der Waals surface area contributed by atoms with Gasteiger partial charge < -0.3 is 5.73 Å². The fraction of sp³-hybridized carbons (Fsp3) is 0.429. The van der Waals surface area contributed by atoms with E-state index >= 15 is 0 Å². The van der Waals surface area contributed by atoms with Gasteiger partial charge in [-0.25, -0.2) is 0 Å². The molecule has 2 unspecified atom stereocenters. The van der Waals surface area contributed by atoms with Crippen LogP contribution in [0, 0.1) is 17.3 Å². The van der Waals surface area contributed by atoms with Crippen molar-refractivity contribution in [3.05, 3.63) is 23.8 Å². The van der Waals surface area contributed by atoms with E-state index in [-0.39, 0.29) is 5.69 Å². The van der Waals surface area contributed by atoms with Gasteiger partial charge in [0.15, 0.2) is 0 Å². The molecule has 2 fully saturated rings. The fourth-order valence-electron chi connectivity index (χ4n) is 3.13. The number of nitrogen functional groups attached to an aromatic ring is 1. The monoisotopic (exact) mass is 298 g/mol. The van der Waals surface area contributed by atoms with E-state index in [4.69, 9.17) is 5.73 Å². The second-order valence-electron chi connectivity index (χ2n) is 6.06.